The third-order valence-electron chi connectivity index (χ3n) is 3.96. The Balaban J connectivity index is 1.69. The normalized spacial score (nSPS) is 25.9. The number of amides is 1. The zero-order valence-corrected chi connectivity index (χ0v) is 11.7. The lowest BCUT2D eigenvalue weighted by atomic mass is 10.2. The Morgan fingerprint density at radius 2 is 2.06 bits per heavy atom. The molecule has 0 radical (unpaired) electrons. The van der Waals surface area contributed by atoms with Gasteiger partial charge in [0, 0.05) is 38.8 Å². The van der Waals surface area contributed by atoms with Gasteiger partial charge in [0.25, 0.3) is 0 Å². The fraction of sp³-hybridized carbons (Fsp3) is 0.923. The van der Waals surface area contributed by atoms with Gasteiger partial charge in [0.15, 0.2) is 0 Å². The summed E-state index contributed by atoms with van der Waals surface area (Å²) in [4.78, 5) is 18.6. The molecular formula is C13H26N4O. The molecule has 2 aliphatic rings. The Bertz CT molecular complexity index is 270. The molecule has 1 amide bonds. The van der Waals surface area contributed by atoms with Gasteiger partial charge in [-0.25, -0.2) is 0 Å². The Kier molecular flexibility index (Phi) is 4.97. The molecule has 1 atom stereocenters. The molecule has 1 unspecified atom stereocenters. The van der Waals surface area contributed by atoms with Gasteiger partial charge in [0.2, 0.25) is 5.91 Å². The van der Waals surface area contributed by atoms with Crippen molar-refractivity contribution in [3.63, 3.8) is 0 Å². The SMILES string of the molecule is CN1CCN(C(=O)CN(C)CC2CCCN2)CC1. The molecule has 0 bridgehead atoms. The Morgan fingerprint density at radius 1 is 1.33 bits per heavy atom. The molecule has 0 saturated carbocycles. The summed E-state index contributed by atoms with van der Waals surface area (Å²) in [6, 6.07) is 0.579. The molecule has 0 aromatic carbocycles. The molecule has 0 spiro atoms. The van der Waals surface area contributed by atoms with Crippen LogP contribution in [-0.2, 0) is 4.79 Å². The maximum Gasteiger partial charge on any atom is 0.236 e. The topological polar surface area (TPSA) is 38.8 Å². The predicted octanol–water partition coefficient (Wildman–Crippen LogP) is -0.556. The fourth-order valence-electron chi connectivity index (χ4n) is 2.74. The minimum atomic E-state index is 0.281. The summed E-state index contributed by atoms with van der Waals surface area (Å²) in [7, 11) is 4.16. The van der Waals surface area contributed by atoms with E-state index in [4.69, 9.17) is 0 Å². The summed E-state index contributed by atoms with van der Waals surface area (Å²) in [6.45, 7) is 6.43. The van der Waals surface area contributed by atoms with E-state index in [9.17, 15) is 4.79 Å². The maximum atomic E-state index is 12.1. The van der Waals surface area contributed by atoms with E-state index in [1.165, 1.54) is 12.8 Å². The summed E-state index contributed by atoms with van der Waals surface area (Å²) in [5.41, 5.74) is 0. The van der Waals surface area contributed by atoms with Gasteiger partial charge in [-0.05, 0) is 33.5 Å². The fourth-order valence-corrected chi connectivity index (χ4v) is 2.74. The highest BCUT2D eigenvalue weighted by atomic mass is 16.2. The maximum absolute atomic E-state index is 12.1. The van der Waals surface area contributed by atoms with Crippen LogP contribution in [0, 0.1) is 0 Å². The number of hydrogen-bond acceptors (Lipinski definition) is 4. The number of likely N-dealkylation sites (N-methyl/N-ethyl adjacent to an activating group) is 2. The van der Waals surface area contributed by atoms with E-state index in [1.54, 1.807) is 0 Å². The highest BCUT2D eigenvalue weighted by molar-refractivity contribution is 5.78. The average molecular weight is 254 g/mol. The second-order valence-electron chi connectivity index (χ2n) is 5.67. The molecule has 0 aliphatic carbocycles. The van der Waals surface area contributed by atoms with Gasteiger partial charge < -0.3 is 15.1 Å². The van der Waals surface area contributed by atoms with E-state index in [-0.39, 0.29) is 5.91 Å². The molecule has 2 aliphatic heterocycles. The Morgan fingerprint density at radius 3 is 2.67 bits per heavy atom. The molecule has 104 valence electrons. The van der Waals surface area contributed by atoms with Gasteiger partial charge in [0.05, 0.1) is 6.54 Å². The van der Waals surface area contributed by atoms with Crippen molar-refractivity contribution in [3.05, 3.63) is 0 Å². The van der Waals surface area contributed by atoms with Crippen LogP contribution in [0.25, 0.3) is 0 Å². The molecule has 5 heteroatoms. The first-order valence-corrected chi connectivity index (χ1v) is 7.03. The number of nitrogens with one attached hydrogen (secondary N) is 1. The van der Waals surface area contributed by atoms with Crippen LogP contribution in [0.15, 0.2) is 0 Å². The first-order chi connectivity index (χ1) is 8.65. The first kappa shape index (κ1) is 13.8. The second-order valence-corrected chi connectivity index (χ2v) is 5.67. The highest BCUT2D eigenvalue weighted by Crippen LogP contribution is 2.06. The minimum absolute atomic E-state index is 0.281. The molecule has 2 rings (SSSR count). The van der Waals surface area contributed by atoms with E-state index in [1.807, 2.05) is 11.9 Å². The first-order valence-electron chi connectivity index (χ1n) is 7.03. The van der Waals surface area contributed by atoms with Crippen LogP contribution in [0.4, 0.5) is 0 Å². The molecule has 2 saturated heterocycles. The number of piperazine rings is 1. The summed E-state index contributed by atoms with van der Waals surface area (Å²) in [6.07, 6.45) is 2.51. The molecule has 5 nitrogen and oxygen atoms in total. The summed E-state index contributed by atoms with van der Waals surface area (Å²) in [5, 5.41) is 3.47. The molecule has 2 heterocycles. The third kappa shape index (κ3) is 3.93. The number of rotatable bonds is 4. The number of hydrogen-bond donors (Lipinski definition) is 1. The van der Waals surface area contributed by atoms with Crippen molar-refractivity contribution in [3.8, 4) is 0 Å². The standard InChI is InChI=1S/C13H26N4O/c1-15-6-8-17(9-7-15)13(18)11-16(2)10-12-4-3-5-14-12/h12,14H,3-11H2,1-2H3. The highest BCUT2D eigenvalue weighted by Gasteiger charge is 2.22. The Hall–Kier alpha value is -0.650. The van der Waals surface area contributed by atoms with Gasteiger partial charge in [-0.1, -0.05) is 0 Å². The van der Waals surface area contributed by atoms with Crippen LogP contribution in [-0.4, -0.2) is 86.6 Å². The lowest BCUT2D eigenvalue weighted by molar-refractivity contribution is -0.133. The van der Waals surface area contributed by atoms with E-state index in [0.29, 0.717) is 12.6 Å². The number of nitrogens with zero attached hydrogens (tertiary/aromatic N) is 3. The van der Waals surface area contributed by atoms with Gasteiger partial charge >= 0.3 is 0 Å². The average Bonchev–Trinajstić information content (AvgIpc) is 2.82. The van der Waals surface area contributed by atoms with E-state index < -0.39 is 0 Å². The van der Waals surface area contributed by atoms with Crippen molar-refractivity contribution >= 4 is 5.91 Å². The van der Waals surface area contributed by atoms with Crippen LogP contribution in [0.1, 0.15) is 12.8 Å². The summed E-state index contributed by atoms with van der Waals surface area (Å²) < 4.78 is 0. The van der Waals surface area contributed by atoms with Crippen molar-refractivity contribution in [2.75, 3.05) is 59.9 Å². The van der Waals surface area contributed by atoms with Gasteiger partial charge in [-0.3, -0.25) is 9.69 Å². The van der Waals surface area contributed by atoms with Crippen LogP contribution in [0.3, 0.4) is 0 Å². The summed E-state index contributed by atoms with van der Waals surface area (Å²) in [5.74, 6) is 0.281. The largest absolute Gasteiger partial charge is 0.339 e. The molecule has 18 heavy (non-hydrogen) atoms. The molecule has 1 N–H and O–H groups in total. The smallest absolute Gasteiger partial charge is 0.236 e. The van der Waals surface area contributed by atoms with E-state index >= 15 is 0 Å². The van der Waals surface area contributed by atoms with Crippen molar-refractivity contribution in [2.45, 2.75) is 18.9 Å². The number of carbonyl (C=O) groups is 1. The van der Waals surface area contributed by atoms with Gasteiger partial charge in [-0.2, -0.15) is 0 Å². The lowest BCUT2D eigenvalue weighted by Crippen LogP contribution is -2.50. The van der Waals surface area contributed by atoms with Crippen molar-refractivity contribution < 1.29 is 4.79 Å². The zero-order valence-electron chi connectivity index (χ0n) is 11.7. The quantitative estimate of drug-likeness (QED) is 0.730. The molecule has 0 aromatic heterocycles. The van der Waals surface area contributed by atoms with E-state index in [0.717, 1.165) is 39.3 Å². The van der Waals surface area contributed by atoms with Crippen molar-refractivity contribution in [1.29, 1.82) is 0 Å². The van der Waals surface area contributed by atoms with Crippen LogP contribution >= 0.6 is 0 Å². The van der Waals surface area contributed by atoms with Crippen LogP contribution in [0.5, 0.6) is 0 Å². The monoisotopic (exact) mass is 254 g/mol. The van der Waals surface area contributed by atoms with Crippen LogP contribution in [0.2, 0.25) is 0 Å². The molecule has 0 aromatic rings. The minimum Gasteiger partial charge on any atom is -0.339 e. The summed E-state index contributed by atoms with van der Waals surface area (Å²) >= 11 is 0. The second kappa shape index (κ2) is 6.50. The predicted molar refractivity (Wildman–Crippen MR) is 72.6 cm³/mol. The van der Waals surface area contributed by atoms with Crippen molar-refractivity contribution in [1.82, 2.24) is 20.0 Å². The van der Waals surface area contributed by atoms with Crippen molar-refractivity contribution in [2.24, 2.45) is 0 Å². The van der Waals surface area contributed by atoms with E-state index in [2.05, 4.69) is 22.2 Å². The third-order valence-corrected chi connectivity index (χ3v) is 3.96. The molecule has 2 fully saturated rings. The number of carbonyl (C=O) groups excluding carboxylic acids is 1. The Labute approximate surface area is 110 Å². The lowest BCUT2D eigenvalue weighted by Gasteiger charge is -2.33. The van der Waals surface area contributed by atoms with Gasteiger partial charge in [0.1, 0.15) is 0 Å². The molecular weight excluding hydrogens is 228 g/mol. The van der Waals surface area contributed by atoms with Gasteiger partial charge in [-0.15, -0.1) is 0 Å². The van der Waals surface area contributed by atoms with Crippen LogP contribution < -0.4 is 5.32 Å². The zero-order chi connectivity index (χ0) is 13.0.